The molecule has 3 aromatic rings. The number of rotatable bonds is 4. The zero-order valence-corrected chi connectivity index (χ0v) is 14.0. The second-order valence-corrected chi connectivity index (χ2v) is 5.63. The van der Waals surface area contributed by atoms with Gasteiger partial charge in [0.2, 0.25) is 5.91 Å². The maximum Gasteiger partial charge on any atom is 0.339 e. The molecule has 0 saturated heterocycles. The van der Waals surface area contributed by atoms with Crippen molar-refractivity contribution in [3.8, 4) is 0 Å². The fourth-order valence-electron chi connectivity index (χ4n) is 2.60. The van der Waals surface area contributed by atoms with Gasteiger partial charge in [-0.1, -0.05) is 24.3 Å². The molecular formula is C20H16N2O4. The number of hydrogen-bond acceptors (Lipinski definition) is 4. The van der Waals surface area contributed by atoms with Gasteiger partial charge in [-0.2, -0.15) is 0 Å². The van der Waals surface area contributed by atoms with Gasteiger partial charge in [-0.15, -0.1) is 0 Å². The van der Waals surface area contributed by atoms with Gasteiger partial charge in [-0.3, -0.25) is 9.59 Å². The molecule has 0 fully saturated rings. The number of carbonyl (C=O) groups is 3. The standard InChI is InChI=1S/C20H16N2O4/c1-26-20(25)16-10-14-4-2-3-5-15(14)11-17(16)22-19(24)13-8-6-12(7-9-13)18(21)23/h2-11H,1H3,(H2,21,23)(H,22,24). The Hall–Kier alpha value is -3.67. The topological polar surface area (TPSA) is 98.5 Å². The van der Waals surface area contributed by atoms with E-state index in [0.29, 0.717) is 16.8 Å². The second-order valence-electron chi connectivity index (χ2n) is 5.63. The van der Waals surface area contributed by atoms with Gasteiger partial charge in [0.1, 0.15) is 0 Å². The van der Waals surface area contributed by atoms with Crippen molar-refractivity contribution >= 4 is 34.2 Å². The summed E-state index contributed by atoms with van der Waals surface area (Å²) in [5, 5.41) is 4.46. The molecule has 0 radical (unpaired) electrons. The summed E-state index contributed by atoms with van der Waals surface area (Å²) in [5.74, 6) is -1.53. The third-order valence-corrected chi connectivity index (χ3v) is 3.97. The SMILES string of the molecule is COC(=O)c1cc2ccccc2cc1NC(=O)c1ccc(C(N)=O)cc1. The Morgan fingerprint density at radius 1 is 0.885 bits per heavy atom. The third-order valence-electron chi connectivity index (χ3n) is 3.97. The van der Waals surface area contributed by atoms with Gasteiger partial charge in [0.15, 0.2) is 0 Å². The maximum absolute atomic E-state index is 12.5. The van der Waals surface area contributed by atoms with E-state index in [9.17, 15) is 14.4 Å². The molecule has 0 aliphatic heterocycles. The quantitative estimate of drug-likeness (QED) is 0.708. The molecule has 0 aromatic heterocycles. The molecule has 0 bridgehead atoms. The highest BCUT2D eigenvalue weighted by atomic mass is 16.5. The van der Waals surface area contributed by atoms with Crippen LogP contribution < -0.4 is 11.1 Å². The molecule has 2 amide bonds. The zero-order chi connectivity index (χ0) is 18.7. The Bertz CT molecular complexity index is 1010. The lowest BCUT2D eigenvalue weighted by Crippen LogP contribution is -2.16. The lowest BCUT2D eigenvalue weighted by Gasteiger charge is -2.12. The minimum Gasteiger partial charge on any atom is -0.465 e. The number of benzene rings is 3. The number of nitrogens with two attached hydrogens (primary N) is 1. The van der Waals surface area contributed by atoms with Crippen molar-refractivity contribution < 1.29 is 19.1 Å². The van der Waals surface area contributed by atoms with Gasteiger partial charge in [0.05, 0.1) is 18.4 Å². The molecule has 3 N–H and O–H groups in total. The number of esters is 1. The van der Waals surface area contributed by atoms with Crippen molar-refractivity contribution in [3.05, 3.63) is 77.4 Å². The number of nitrogens with one attached hydrogen (secondary N) is 1. The Labute approximate surface area is 149 Å². The van der Waals surface area contributed by atoms with Crippen LogP contribution in [-0.4, -0.2) is 24.9 Å². The monoisotopic (exact) mass is 348 g/mol. The number of amides is 2. The van der Waals surface area contributed by atoms with E-state index in [1.807, 2.05) is 24.3 Å². The second kappa shape index (κ2) is 7.06. The summed E-state index contributed by atoms with van der Waals surface area (Å²) in [6, 6.07) is 16.8. The van der Waals surface area contributed by atoms with Crippen molar-refractivity contribution in [1.82, 2.24) is 0 Å². The molecule has 0 heterocycles. The Morgan fingerprint density at radius 2 is 1.46 bits per heavy atom. The molecule has 0 aliphatic carbocycles. The number of carbonyl (C=O) groups excluding carboxylic acids is 3. The highest BCUT2D eigenvalue weighted by Gasteiger charge is 2.16. The molecule has 0 spiro atoms. The largest absolute Gasteiger partial charge is 0.465 e. The van der Waals surface area contributed by atoms with Crippen LogP contribution in [0.3, 0.4) is 0 Å². The van der Waals surface area contributed by atoms with Crippen molar-refractivity contribution in [2.45, 2.75) is 0 Å². The van der Waals surface area contributed by atoms with E-state index in [-0.39, 0.29) is 5.56 Å². The number of anilines is 1. The minimum atomic E-state index is -0.570. The summed E-state index contributed by atoms with van der Waals surface area (Å²) in [6.45, 7) is 0. The summed E-state index contributed by atoms with van der Waals surface area (Å²) in [5.41, 5.74) is 6.44. The van der Waals surface area contributed by atoms with E-state index in [4.69, 9.17) is 10.5 Å². The van der Waals surface area contributed by atoms with E-state index in [1.165, 1.54) is 31.4 Å². The van der Waals surface area contributed by atoms with Crippen LogP contribution in [0.5, 0.6) is 0 Å². The fourth-order valence-corrected chi connectivity index (χ4v) is 2.60. The fraction of sp³-hybridized carbons (Fsp3) is 0.0500. The predicted molar refractivity (Wildman–Crippen MR) is 98.2 cm³/mol. The molecule has 0 atom stereocenters. The van der Waals surface area contributed by atoms with Gasteiger partial charge in [-0.05, 0) is 47.2 Å². The molecule has 26 heavy (non-hydrogen) atoms. The molecule has 3 rings (SSSR count). The smallest absolute Gasteiger partial charge is 0.339 e. The van der Waals surface area contributed by atoms with Crippen LogP contribution in [-0.2, 0) is 4.74 Å². The van der Waals surface area contributed by atoms with Crippen LogP contribution >= 0.6 is 0 Å². The summed E-state index contributed by atoms with van der Waals surface area (Å²) in [4.78, 5) is 35.7. The normalized spacial score (nSPS) is 10.3. The van der Waals surface area contributed by atoms with Crippen molar-refractivity contribution in [1.29, 1.82) is 0 Å². The predicted octanol–water partition coefficient (Wildman–Crippen LogP) is 2.98. The molecule has 0 saturated carbocycles. The summed E-state index contributed by atoms with van der Waals surface area (Å²) in [7, 11) is 1.28. The van der Waals surface area contributed by atoms with Crippen LogP contribution in [0.25, 0.3) is 10.8 Å². The van der Waals surface area contributed by atoms with E-state index in [1.54, 1.807) is 12.1 Å². The summed E-state index contributed by atoms with van der Waals surface area (Å²) in [6.07, 6.45) is 0. The van der Waals surface area contributed by atoms with Crippen molar-refractivity contribution in [2.24, 2.45) is 5.73 Å². The highest BCUT2D eigenvalue weighted by molar-refractivity contribution is 6.10. The van der Waals surface area contributed by atoms with E-state index >= 15 is 0 Å². The Morgan fingerprint density at radius 3 is 2.04 bits per heavy atom. The van der Waals surface area contributed by atoms with E-state index < -0.39 is 17.8 Å². The molecule has 6 heteroatoms. The van der Waals surface area contributed by atoms with Crippen molar-refractivity contribution in [2.75, 3.05) is 12.4 Å². The minimum absolute atomic E-state index is 0.258. The lowest BCUT2D eigenvalue weighted by atomic mass is 10.0. The summed E-state index contributed by atoms with van der Waals surface area (Å²) < 4.78 is 4.81. The average molecular weight is 348 g/mol. The molecule has 6 nitrogen and oxygen atoms in total. The summed E-state index contributed by atoms with van der Waals surface area (Å²) >= 11 is 0. The van der Waals surface area contributed by atoms with Crippen LogP contribution in [0, 0.1) is 0 Å². The molecule has 3 aromatic carbocycles. The van der Waals surface area contributed by atoms with Gasteiger partial charge in [0.25, 0.3) is 5.91 Å². The van der Waals surface area contributed by atoms with Crippen LogP contribution in [0.15, 0.2) is 60.7 Å². The molecule has 0 aliphatic rings. The van der Waals surface area contributed by atoms with Gasteiger partial charge >= 0.3 is 5.97 Å². The number of methoxy groups -OCH3 is 1. The number of ether oxygens (including phenoxy) is 1. The van der Waals surface area contributed by atoms with Gasteiger partial charge < -0.3 is 15.8 Å². The van der Waals surface area contributed by atoms with Crippen molar-refractivity contribution in [3.63, 3.8) is 0 Å². The lowest BCUT2D eigenvalue weighted by molar-refractivity contribution is 0.0602. The van der Waals surface area contributed by atoms with Crippen LogP contribution in [0.4, 0.5) is 5.69 Å². The van der Waals surface area contributed by atoms with Gasteiger partial charge in [0, 0.05) is 11.1 Å². The number of fused-ring (bicyclic) bond motifs is 1. The average Bonchev–Trinajstić information content (AvgIpc) is 2.66. The number of primary amides is 1. The highest BCUT2D eigenvalue weighted by Crippen LogP contribution is 2.25. The molecule has 0 unspecified atom stereocenters. The first kappa shape index (κ1) is 17.2. The Balaban J connectivity index is 1.97. The number of hydrogen-bond donors (Lipinski definition) is 2. The maximum atomic E-state index is 12.5. The first-order valence-corrected chi connectivity index (χ1v) is 7.82. The first-order valence-electron chi connectivity index (χ1n) is 7.82. The molecular weight excluding hydrogens is 332 g/mol. The van der Waals surface area contributed by atoms with Gasteiger partial charge in [-0.25, -0.2) is 4.79 Å². The van der Waals surface area contributed by atoms with E-state index in [2.05, 4.69) is 5.32 Å². The Kier molecular flexibility index (Phi) is 4.66. The van der Waals surface area contributed by atoms with Crippen LogP contribution in [0.2, 0.25) is 0 Å². The first-order chi connectivity index (χ1) is 12.5. The zero-order valence-electron chi connectivity index (χ0n) is 14.0. The third kappa shape index (κ3) is 3.39. The van der Waals surface area contributed by atoms with E-state index in [0.717, 1.165) is 10.8 Å². The van der Waals surface area contributed by atoms with Crippen LogP contribution in [0.1, 0.15) is 31.1 Å². The molecule has 130 valence electrons.